The number of anilines is 2. The lowest BCUT2D eigenvalue weighted by atomic mass is 10.0. The molecule has 4 aliphatic rings. The van der Waals surface area contributed by atoms with Crippen molar-refractivity contribution in [3.8, 4) is 11.5 Å². The molecule has 55 heavy (non-hydrogen) atoms. The summed E-state index contributed by atoms with van der Waals surface area (Å²) in [7, 11) is 0. The molecule has 3 aliphatic heterocycles. The van der Waals surface area contributed by atoms with Crippen LogP contribution in [0.3, 0.4) is 0 Å². The first-order chi connectivity index (χ1) is 26.5. The smallest absolute Gasteiger partial charge is 0.375 e. The number of carbonyl (C=O) groups excluding carboxylic acids is 1. The minimum Gasteiger partial charge on any atom is -0.489 e. The molecule has 3 aromatic carbocycles. The summed E-state index contributed by atoms with van der Waals surface area (Å²) in [6.45, 7) is 17.5. The van der Waals surface area contributed by atoms with Crippen molar-refractivity contribution in [2.75, 3.05) is 88.3 Å². The van der Waals surface area contributed by atoms with E-state index >= 15 is 0 Å². The van der Waals surface area contributed by atoms with Crippen LogP contribution in [-0.2, 0) is 0 Å². The van der Waals surface area contributed by atoms with Crippen LogP contribution in [0.5, 0.6) is 11.5 Å². The number of ether oxygens (including phenoxy) is 2. The Kier molecular flexibility index (Phi) is 12.3. The van der Waals surface area contributed by atoms with Crippen molar-refractivity contribution >= 4 is 23.0 Å². The zero-order valence-electron chi connectivity index (χ0n) is 33.0. The van der Waals surface area contributed by atoms with E-state index in [2.05, 4.69) is 38.6 Å². The number of rotatable bonds is 14. The monoisotopic (exact) mass is 758 g/mol. The fourth-order valence-corrected chi connectivity index (χ4v) is 8.94. The molecular weight excluding hydrogens is 701 g/mol. The molecule has 10 nitrogen and oxygen atoms in total. The largest absolute Gasteiger partial charge is 0.489 e. The van der Waals surface area contributed by atoms with E-state index in [1.807, 2.05) is 38.1 Å². The second-order valence-electron chi connectivity index (χ2n) is 16.5. The molecule has 0 spiro atoms. The Hall–Kier alpha value is -4.13. The van der Waals surface area contributed by atoms with Crippen LogP contribution in [0.2, 0.25) is 0 Å². The van der Waals surface area contributed by atoms with E-state index < -0.39 is 0 Å². The predicted molar refractivity (Wildman–Crippen MR) is 212 cm³/mol. The third-order valence-corrected chi connectivity index (χ3v) is 11.4. The number of quaternary nitrogens is 1. The summed E-state index contributed by atoms with van der Waals surface area (Å²) < 4.78 is 41.1. The first-order valence-electron chi connectivity index (χ1n) is 20.4. The molecule has 3 fully saturated rings. The van der Waals surface area contributed by atoms with Gasteiger partial charge in [-0.3, -0.25) is 9.80 Å². The van der Waals surface area contributed by atoms with E-state index in [1.165, 1.54) is 25.0 Å². The number of amides is 1. The normalized spacial score (nSPS) is 22.3. The molecule has 1 amide bonds. The number of hydrogen-bond acceptors (Lipinski definition) is 9. The van der Waals surface area contributed by atoms with Gasteiger partial charge in [0.15, 0.2) is 0 Å². The first-order valence-corrected chi connectivity index (χ1v) is 20.4. The van der Waals surface area contributed by atoms with Gasteiger partial charge in [-0.15, -0.1) is 4.59 Å². The number of carbonyl (C=O) groups is 1. The number of piperazine rings is 2. The van der Waals surface area contributed by atoms with Gasteiger partial charge in [0.1, 0.15) is 47.5 Å². The summed E-state index contributed by atoms with van der Waals surface area (Å²) >= 11 is 0. The van der Waals surface area contributed by atoms with Crippen molar-refractivity contribution in [2.45, 2.75) is 65.6 Å². The molecule has 3 aromatic rings. The molecule has 0 bridgehead atoms. The Bertz CT molecular complexity index is 1800. The van der Waals surface area contributed by atoms with Gasteiger partial charge in [-0.1, -0.05) is 31.1 Å². The van der Waals surface area contributed by atoms with Crippen molar-refractivity contribution in [1.82, 2.24) is 9.80 Å². The second-order valence-corrected chi connectivity index (χ2v) is 16.5. The maximum absolute atomic E-state index is 14.5. The average molecular weight is 759 g/mol. The van der Waals surface area contributed by atoms with Gasteiger partial charge in [0.2, 0.25) is 0 Å². The van der Waals surface area contributed by atoms with Gasteiger partial charge in [-0.05, 0) is 75.9 Å². The molecule has 3 atom stereocenters. The highest BCUT2D eigenvalue weighted by Gasteiger charge is 2.46. The van der Waals surface area contributed by atoms with E-state index in [4.69, 9.17) is 14.7 Å². The quantitative estimate of drug-likeness (QED) is 0.155. The maximum atomic E-state index is 14.5. The Morgan fingerprint density at radius 3 is 1.82 bits per heavy atom. The number of hydrogen-bond donors (Lipinski definition) is 0. The first kappa shape index (κ1) is 39.1. The van der Waals surface area contributed by atoms with Crippen LogP contribution in [0.1, 0.15) is 63.7 Å². The van der Waals surface area contributed by atoms with Crippen LogP contribution in [0.15, 0.2) is 71.0 Å². The third-order valence-electron chi connectivity index (χ3n) is 11.4. The molecule has 2 saturated heterocycles. The van der Waals surface area contributed by atoms with Gasteiger partial charge in [0, 0.05) is 94.6 Å². The van der Waals surface area contributed by atoms with Gasteiger partial charge in [-0.2, -0.15) is 0 Å². The summed E-state index contributed by atoms with van der Waals surface area (Å²) in [5.41, 5.74) is 2.89. The Morgan fingerprint density at radius 1 is 0.727 bits per heavy atom. The average Bonchev–Trinajstić information content (AvgIpc) is 3.68. The molecule has 296 valence electrons. The van der Waals surface area contributed by atoms with Crippen LogP contribution < -0.4 is 19.3 Å². The van der Waals surface area contributed by atoms with Crippen LogP contribution in [0, 0.1) is 23.5 Å². The van der Waals surface area contributed by atoms with E-state index in [1.54, 1.807) is 24.3 Å². The molecule has 0 radical (unpaired) electrons. The van der Waals surface area contributed by atoms with Crippen LogP contribution in [-0.4, -0.2) is 111 Å². The number of fused-ring (bicyclic) bond motifs is 1. The van der Waals surface area contributed by atoms with E-state index in [0.717, 1.165) is 95.4 Å². The molecule has 12 heteroatoms. The number of halogens is 2. The molecule has 0 N–H and O–H groups in total. The van der Waals surface area contributed by atoms with E-state index in [-0.39, 0.29) is 46.2 Å². The summed E-state index contributed by atoms with van der Waals surface area (Å²) in [5, 5.41) is 9.44. The van der Waals surface area contributed by atoms with Crippen molar-refractivity contribution in [2.24, 2.45) is 22.2 Å². The molecule has 7 rings (SSSR count). The fourth-order valence-electron chi connectivity index (χ4n) is 8.94. The lowest BCUT2D eigenvalue weighted by molar-refractivity contribution is -0.868. The molecule has 1 saturated carbocycles. The highest BCUT2D eigenvalue weighted by Crippen LogP contribution is 2.36. The SMILES string of the molecule is CC(CN1CCN(c2cc(F)ccc2OC(C)C)CC1)C[N+]1(CC(C)CN2CCN(c3cc(F)ccc3OC3CCCC3)CC2)N=Nc2ccccc2C1=O. The lowest BCUT2D eigenvalue weighted by Crippen LogP contribution is -2.57. The minimum absolute atomic E-state index is 0.00195. The number of benzene rings is 3. The third kappa shape index (κ3) is 9.47. The molecule has 3 unspecified atom stereocenters. The maximum Gasteiger partial charge on any atom is 0.375 e. The van der Waals surface area contributed by atoms with E-state index in [0.29, 0.717) is 30.1 Å². The van der Waals surface area contributed by atoms with Gasteiger partial charge in [0.05, 0.1) is 23.6 Å². The summed E-state index contributed by atoms with van der Waals surface area (Å²) in [4.78, 5) is 23.7. The second kappa shape index (κ2) is 17.3. The fraction of sp³-hybridized carbons (Fsp3) is 0.558. The molecule has 1 aliphatic carbocycles. The standard InChI is InChI=1S/C43H58F2N7O3/c1-31(2)54-41-15-13-34(44)25-39(41)50-21-17-48(18-22-50)27-32(3)29-52(43(53)37-11-7-8-12-38(37)46-47-52)30-33(4)28-49-19-23-51(24-20-49)40-26-35(45)14-16-42(40)55-36-9-5-6-10-36/h7-8,11-16,25-26,31-33,36H,5-6,9-10,17-24,27-30H2,1-4H3/q+1. The van der Waals surface area contributed by atoms with E-state index in [9.17, 15) is 13.6 Å². The zero-order chi connectivity index (χ0) is 38.5. The lowest BCUT2D eigenvalue weighted by Gasteiger charge is -2.40. The summed E-state index contributed by atoms with van der Waals surface area (Å²) in [5.74, 6) is 1.31. The van der Waals surface area contributed by atoms with Crippen molar-refractivity contribution in [3.05, 3.63) is 77.9 Å². The minimum atomic E-state index is -0.267. The topological polar surface area (TPSA) is 73.2 Å². The van der Waals surface area contributed by atoms with Gasteiger partial charge < -0.3 is 19.3 Å². The van der Waals surface area contributed by atoms with Crippen molar-refractivity contribution in [1.29, 1.82) is 0 Å². The van der Waals surface area contributed by atoms with Gasteiger partial charge in [0.25, 0.3) is 0 Å². The molecule has 3 heterocycles. The van der Waals surface area contributed by atoms with Gasteiger partial charge in [-0.25, -0.2) is 13.6 Å². The zero-order valence-corrected chi connectivity index (χ0v) is 33.0. The number of nitrogens with zero attached hydrogens (tertiary/aromatic N) is 7. The van der Waals surface area contributed by atoms with Gasteiger partial charge >= 0.3 is 5.91 Å². The highest BCUT2D eigenvalue weighted by molar-refractivity contribution is 5.94. The Labute approximate surface area is 325 Å². The molecule has 0 aromatic heterocycles. The summed E-state index contributed by atoms with van der Waals surface area (Å²) in [6.07, 6.45) is 4.68. The Balaban J connectivity index is 0.973. The molecular formula is C43H58F2N7O3+. The summed E-state index contributed by atoms with van der Waals surface area (Å²) in [6, 6.07) is 17.2. The Morgan fingerprint density at radius 2 is 1.25 bits per heavy atom. The highest BCUT2D eigenvalue weighted by atomic mass is 19.1. The predicted octanol–water partition coefficient (Wildman–Crippen LogP) is 7.96. The van der Waals surface area contributed by atoms with Crippen LogP contribution in [0.4, 0.5) is 25.8 Å². The van der Waals surface area contributed by atoms with Crippen molar-refractivity contribution in [3.63, 3.8) is 0 Å². The van der Waals surface area contributed by atoms with Crippen LogP contribution >= 0.6 is 0 Å². The van der Waals surface area contributed by atoms with Crippen LogP contribution in [0.25, 0.3) is 0 Å². The van der Waals surface area contributed by atoms with Crippen molar-refractivity contribution < 1.29 is 27.6 Å².